The van der Waals surface area contributed by atoms with Gasteiger partial charge in [-0.15, -0.1) is 0 Å². The predicted molar refractivity (Wildman–Crippen MR) is 143 cm³/mol. The first-order valence-electron chi connectivity index (χ1n) is 12.4. The molecule has 1 fully saturated rings. The van der Waals surface area contributed by atoms with Gasteiger partial charge in [-0.3, -0.25) is 4.68 Å². The molecule has 12 heteroatoms. The second-order valence-electron chi connectivity index (χ2n) is 9.59. The average molecular weight is 555 g/mol. The van der Waals surface area contributed by atoms with Crippen molar-refractivity contribution in [1.29, 1.82) is 0 Å². The van der Waals surface area contributed by atoms with Gasteiger partial charge in [0, 0.05) is 24.9 Å². The Bertz CT molecular complexity index is 1590. The lowest BCUT2D eigenvalue weighted by molar-refractivity contribution is -0.0420. The normalized spacial score (nSPS) is 17.1. The average Bonchev–Trinajstić information content (AvgIpc) is 3.31. The Balaban J connectivity index is 1.49. The maximum absolute atomic E-state index is 14.4. The van der Waals surface area contributed by atoms with Gasteiger partial charge in [-0.1, -0.05) is 30.3 Å². The number of anilines is 1. The van der Waals surface area contributed by atoms with Gasteiger partial charge in [0.05, 0.1) is 24.4 Å². The quantitative estimate of drug-likeness (QED) is 0.338. The van der Waals surface area contributed by atoms with E-state index in [0.717, 1.165) is 16.7 Å². The second-order valence-corrected chi connectivity index (χ2v) is 11.3. The predicted octanol–water partition coefficient (Wildman–Crippen LogP) is 4.80. The van der Waals surface area contributed by atoms with E-state index in [1.54, 1.807) is 37.4 Å². The highest BCUT2D eigenvalue weighted by Crippen LogP contribution is 2.39. The van der Waals surface area contributed by atoms with Crippen LogP contribution in [0.25, 0.3) is 11.3 Å². The molecular formula is C27H28F2N6O3S. The molecule has 2 N–H and O–H groups in total. The zero-order valence-electron chi connectivity index (χ0n) is 21.6. The van der Waals surface area contributed by atoms with Gasteiger partial charge >= 0.3 is 0 Å². The number of hydrogen-bond acceptors (Lipinski definition) is 7. The highest BCUT2D eigenvalue weighted by atomic mass is 32.2. The summed E-state index contributed by atoms with van der Waals surface area (Å²) in [5.41, 5.74) is 3.68. The van der Waals surface area contributed by atoms with Crippen molar-refractivity contribution in [2.45, 2.75) is 37.0 Å². The first kappa shape index (κ1) is 26.7. The van der Waals surface area contributed by atoms with Gasteiger partial charge in [-0.2, -0.15) is 10.1 Å². The number of hydrogen-bond donors (Lipinski definition) is 2. The molecular weight excluding hydrogens is 526 g/mol. The molecule has 3 heterocycles. The number of alkyl halides is 2. The molecule has 0 spiro atoms. The highest BCUT2D eigenvalue weighted by molar-refractivity contribution is 7.92. The van der Waals surface area contributed by atoms with E-state index in [-0.39, 0.29) is 23.3 Å². The molecule has 0 bridgehead atoms. The minimum Gasteiger partial charge on any atom is -0.439 e. The van der Waals surface area contributed by atoms with Crippen LogP contribution in [-0.2, 0) is 17.1 Å². The fraction of sp³-hybridized carbons (Fsp3) is 0.296. The fourth-order valence-electron chi connectivity index (χ4n) is 4.72. The van der Waals surface area contributed by atoms with E-state index in [1.165, 1.54) is 17.1 Å². The van der Waals surface area contributed by atoms with Crippen molar-refractivity contribution < 1.29 is 21.9 Å². The van der Waals surface area contributed by atoms with Crippen LogP contribution in [0.1, 0.15) is 29.0 Å². The topological polar surface area (TPSA) is 111 Å². The number of halogens is 2. The molecule has 1 unspecified atom stereocenters. The molecule has 1 saturated heterocycles. The maximum Gasteiger partial charge on any atom is 0.267 e. The first-order chi connectivity index (χ1) is 18.5. The molecule has 1 aliphatic rings. The molecule has 1 aliphatic heterocycles. The van der Waals surface area contributed by atoms with Gasteiger partial charge in [-0.25, -0.2) is 26.9 Å². The maximum atomic E-state index is 14.4. The minimum absolute atomic E-state index is 0.0427. The third-order valence-corrected chi connectivity index (χ3v) is 7.92. The van der Waals surface area contributed by atoms with E-state index in [9.17, 15) is 17.2 Å². The smallest absolute Gasteiger partial charge is 0.267 e. The third kappa shape index (κ3) is 5.76. The lowest BCUT2D eigenvalue weighted by atomic mass is 9.87. The summed E-state index contributed by atoms with van der Waals surface area (Å²) < 4.78 is 64.5. The molecule has 2 aromatic heterocycles. The van der Waals surface area contributed by atoms with Crippen LogP contribution in [0.15, 0.2) is 65.8 Å². The molecule has 5 rings (SSSR count). The van der Waals surface area contributed by atoms with E-state index in [1.807, 2.05) is 32.0 Å². The van der Waals surface area contributed by atoms with E-state index < -0.39 is 21.9 Å². The van der Waals surface area contributed by atoms with Gasteiger partial charge in [0.1, 0.15) is 10.6 Å². The summed E-state index contributed by atoms with van der Waals surface area (Å²) in [6, 6.07) is 13.9. The Morgan fingerprint density at radius 1 is 1.10 bits per heavy atom. The molecule has 1 atom stereocenters. The van der Waals surface area contributed by atoms with Crippen molar-refractivity contribution in [3.8, 4) is 22.9 Å². The lowest BCUT2D eigenvalue weighted by Gasteiger charge is -2.32. The Kier molecular flexibility index (Phi) is 7.08. The monoisotopic (exact) mass is 554 g/mol. The van der Waals surface area contributed by atoms with Crippen LogP contribution in [0.3, 0.4) is 0 Å². The Labute approximate surface area is 225 Å². The fourth-order valence-corrected chi connectivity index (χ4v) is 5.65. The van der Waals surface area contributed by atoms with Crippen LogP contribution < -0.4 is 14.8 Å². The molecule has 0 saturated carbocycles. The Morgan fingerprint density at radius 2 is 1.82 bits per heavy atom. The number of rotatable bonds is 7. The van der Waals surface area contributed by atoms with Crippen molar-refractivity contribution in [3.05, 3.63) is 77.6 Å². The van der Waals surface area contributed by atoms with E-state index >= 15 is 0 Å². The molecule has 204 valence electrons. The van der Waals surface area contributed by atoms with Crippen molar-refractivity contribution in [2.24, 2.45) is 7.05 Å². The number of aryl methyl sites for hydroxylation is 3. The van der Waals surface area contributed by atoms with Crippen LogP contribution in [-0.4, -0.2) is 47.2 Å². The summed E-state index contributed by atoms with van der Waals surface area (Å²) in [4.78, 5) is 8.72. The second kappa shape index (κ2) is 10.3. The number of piperidine rings is 1. The van der Waals surface area contributed by atoms with E-state index in [0.29, 0.717) is 30.0 Å². The van der Waals surface area contributed by atoms with Gasteiger partial charge in [0.25, 0.3) is 15.9 Å². The molecule has 4 aromatic rings. The van der Waals surface area contributed by atoms with Crippen molar-refractivity contribution in [2.75, 3.05) is 17.8 Å². The molecule has 0 radical (unpaired) electrons. The number of nitrogens with one attached hydrogen (secondary N) is 2. The SMILES string of the molecule is Cc1cccc(C)c1-c1cc(Oc2ccc(C3CCNCC3(F)F)cc2)nc(NS(=O)(=O)c2cnn(C)c2)n1. The van der Waals surface area contributed by atoms with Gasteiger partial charge in [0.2, 0.25) is 11.8 Å². The number of sulfonamides is 1. The van der Waals surface area contributed by atoms with Gasteiger partial charge in [0.15, 0.2) is 0 Å². The van der Waals surface area contributed by atoms with Crippen molar-refractivity contribution in [3.63, 3.8) is 0 Å². The first-order valence-corrected chi connectivity index (χ1v) is 13.8. The Hall–Kier alpha value is -3.90. The van der Waals surface area contributed by atoms with Crippen LogP contribution >= 0.6 is 0 Å². The van der Waals surface area contributed by atoms with Crippen molar-refractivity contribution >= 4 is 16.0 Å². The number of nitrogens with zero attached hydrogens (tertiary/aromatic N) is 4. The summed E-state index contributed by atoms with van der Waals surface area (Å²) in [7, 11) is -2.41. The molecule has 0 aliphatic carbocycles. The highest BCUT2D eigenvalue weighted by Gasteiger charge is 2.42. The lowest BCUT2D eigenvalue weighted by Crippen LogP contribution is -2.44. The van der Waals surface area contributed by atoms with Crippen LogP contribution in [0.2, 0.25) is 0 Å². The standard InChI is InChI=1S/C27H28F2N6O3S/c1-17-5-4-6-18(2)25(17)23-13-24(33-26(32-23)34-39(36,37)21-14-31-35(3)15-21)38-20-9-7-19(8-10-20)22-11-12-30-16-27(22,28)29/h4-10,13-15,22,30H,11-12,16H2,1-3H3,(H,32,33,34). The summed E-state index contributed by atoms with van der Waals surface area (Å²) >= 11 is 0. The summed E-state index contributed by atoms with van der Waals surface area (Å²) in [5.74, 6) is -3.45. The Morgan fingerprint density at radius 3 is 2.46 bits per heavy atom. The molecule has 2 aromatic carbocycles. The van der Waals surface area contributed by atoms with Gasteiger partial charge in [-0.05, 0) is 55.6 Å². The van der Waals surface area contributed by atoms with Crippen LogP contribution in [0.5, 0.6) is 11.6 Å². The molecule has 39 heavy (non-hydrogen) atoms. The minimum atomic E-state index is -4.02. The molecule has 0 amide bonds. The number of benzene rings is 2. The van der Waals surface area contributed by atoms with Crippen LogP contribution in [0.4, 0.5) is 14.7 Å². The largest absolute Gasteiger partial charge is 0.439 e. The summed E-state index contributed by atoms with van der Waals surface area (Å²) in [5, 5.41) is 6.65. The zero-order chi connectivity index (χ0) is 27.8. The van der Waals surface area contributed by atoms with Crippen LogP contribution in [0, 0.1) is 13.8 Å². The summed E-state index contributed by atoms with van der Waals surface area (Å²) in [6.45, 7) is 4.04. The number of ether oxygens (including phenoxy) is 1. The van der Waals surface area contributed by atoms with E-state index in [2.05, 4.69) is 25.1 Å². The third-order valence-electron chi connectivity index (χ3n) is 6.64. The molecule has 9 nitrogen and oxygen atoms in total. The van der Waals surface area contributed by atoms with Crippen molar-refractivity contribution in [1.82, 2.24) is 25.1 Å². The van der Waals surface area contributed by atoms with E-state index in [4.69, 9.17) is 4.74 Å². The van der Waals surface area contributed by atoms with Gasteiger partial charge < -0.3 is 10.1 Å². The zero-order valence-corrected chi connectivity index (χ0v) is 22.5. The number of aromatic nitrogens is 4. The summed E-state index contributed by atoms with van der Waals surface area (Å²) in [6.07, 6.45) is 2.92.